The number of nitrogens with zero attached hydrogens (tertiary/aromatic N) is 2. The summed E-state index contributed by atoms with van der Waals surface area (Å²) >= 11 is 3.50. The lowest BCUT2D eigenvalue weighted by molar-refractivity contribution is -0.119. The lowest BCUT2D eigenvalue weighted by atomic mass is 9.97. The maximum atomic E-state index is 13.1. The van der Waals surface area contributed by atoms with Crippen molar-refractivity contribution in [2.24, 2.45) is 0 Å². The molecule has 4 rings (SSSR count). The number of hydrogen-bond acceptors (Lipinski definition) is 3. The van der Waals surface area contributed by atoms with Gasteiger partial charge in [-0.25, -0.2) is 4.98 Å². The molecule has 0 fully saturated rings. The zero-order valence-electron chi connectivity index (χ0n) is 14.5. The Labute approximate surface area is 159 Å². The van der Waals surface area contributed by atoms with Crippen LogP contribution in [0.4, 0.5) is 5.69 Å². The van der Waals surface area contributed by atoms with Crippen molar-refractivity contribution in [2.75, 3.05) is 4.90 Å². The molecule has 2 heterocycles. The predicted octanol–water partition coefficient (Wildman–Crippen LogP) is 3.77. The number of hydrogen-bond donors (Lipinski definition) is 1. The number of carbonyl (C=O) groups excluding carboxylic acids is 1. The van der Waals surface area contributed by atoms with Crippen LogP contribution >= 0.6 is 15.9 Å². The molecule has 0 saturated heterocycles. The number of halogens is 1. The van der Waals surface area contributed by atoms with Gasteiger partial charge < -0.3 is 9.88 Å². The fourth-order valence-electron chi connectivity index (χ4n) is 3.60. The van der Waals surface area contributed by atoms with E-state index in [4.69, 9.17) is 0 Å². The van der Waals surface area contributed by atoms with E-state index >= 15 is 0 Å². The van der Waals surface area contributed by atoms with Gasteiger partial charge in [0.15, 0.2) is 0 Å². The highest BCUT2D eigenvalue weighted by atomic mass is 79.9. The molecule has 1 unspecified atom stereocenters. The summed E-state index contributed by atoms with van der Waals surface area (Å²) in [5, 5.41) is 0.556. The molecular weight excluding hydrogens is 394 g/mol. The summed E-state index contributed by atoms with van der Waals surface area (Å²) in [5.74, 6) is 0.224. The minimum Gasteiger partial charge on any atom is -0.310 e. The van der Waals surface area contributed by atoms with Crippen LogP contribution < -0.4 is 10.5 Å². The number of para-hydroxylation sites is 1. The van der Waals surface area contributed by atoms with E-state index in [1.165, 1.54) is 0 Å². The molecule has 0 spiro atoms. The third-order valence-corrected chi connectivity index (χ3v) is 5.23. The van der Waals surface area contributed by atoms with Crippen molar-refractivity contribution in [1.82, 2.24) is 9.97 Å². The van der Waals surface area contributed by atoms with Gasteiger partial charge in [-0.1, -0.05) is 28.1 Å². The van der Waals surface area contributed by atoms with Gasteiger partial charge in [-0.15, -0.1) is 0 Å². The van der Waals surface area contributed by atoms with E-state index in [-0.39, 0.29) is 23.4 Å². The number of aromatic nitrogens is 2. The Kier molecular flexibility index (Phi) is 4.15. The van der Waals surface area contributed by atoms with Crippen LogP contribution in [0, 0.1) is 0 Å². The minimum atomic E-state index is -0.353. The molecule has 0 aliphatic carbocycles. The van der Waals surface area contributed by atoms with Crippen LogP contribution in [0.5, 0.6) is 0 Å². The fraction of sp³-hybridized carbons (Fsp3) is 0.250. The number of H-pyrrole nitrogens is 1. The lowest BCUT2D eigenvalue weighted by Gasteiger charge is -2.22. The topological polar surface area (TPSA) is 66.1 Å². The minimum absolute atomic E-state index is 0.0453. The Morgan fingerprint density at radius 1 is 1.19 bits per heavy atom. The molecule has 2 aromatic carbocycles. The number of anilines is 1. The van der Waals surface area contributed by atoms with E-state index in [9.17, 15) is 9.59 Å². The molecule has 3 aromatic rings. The Balaban J connectivity index is 1.78. The second kappa shape index (κ2) is 6.36. The van der Waals surface area contributed by atoms with Gasteiger partial charge in [0.25, 0.3) is 5.56 Å². The lowest BCUT2D eigenvalue weighted by Crippen LogP contribution is -2.35. The van der Waals surface area contributed by atoms with Gasteiger partial charge in [-0.3, -0.25) is 9.59 Å². The Morgan fingerprint density at radius 3 is 2.73 bits per heavy atom. The summed E-state index contributed by atoms with van der Waals surface area (Å²) in [6.45, 7) is 4.00. The third kappa shape index (κ3) is 2.74. The summed E-state index contributed by atoms with van der Waals surface area (Å²) in [4.78, 5) is 34.6. The molecule has 5 nitrogen and oxygen atoms in total. The standard InChI is InChI=1S/C20H18BrN3O2/c1-11(2)24-17-8-7-12(21)9-14(17)15(20(24)26)10-18-22-16-6-4-3-5-13(16)19(25)23-18/h3-9,11,15H,10H2,1-2H3,(H,22,23,25). The summed E-state index contributed by atoms with van der Waals surface area (Å²) in [7, 11) is 0. The molecule has 1 aromatic heterocycles. The van der Waals surface area contributed by atoms with Crippen molar-refractivity contribution in [1.29, 1.82) is 0 Å². The second-order valence-corrected chi connectivity index (χ2v) is 7.71. The van der Waals surface area contributed by atoms with Gasteiger partial charge in [-0.05, 0) is 49.7 Å². The van der Waals surface area contributed by atoms with Crippen LogP contribution in [-0.2, 0) is 11.2 Å². The highest BCUT2D eigenvalue weighted by Crippen LogP contribution is 2.41. The summed E-state index contributed by atoms with van der Waals surface area (Å²) in [5.41, 5.74) is 2.37. The zero-order chi connectivity index (χ0) is 18.4. The number of carbonyl (C=O) groups is 1. The van der Waals surface area contributed by atoms with Crippen LogP contribution in [0.2, 0.25) is 0 Å². The van der Waals surface area contributed by atoms with Crippen molar-refractivity contribution in [2.45, 2.75) is 32.2 Å². The van der Waals surface area contributed by atoms with Crippen molar-refractivity contribution < 1.29 is 4.79 Å². The number of amides is 1. The molecule has 26 heavy (non-hydrogen) atoms. The third-order valence-electron chi connectivity index (χ3n) is 4.74. The first-order chi connectivity index (χ1) is 12.5. The predicted molar refractivity (Wildman–Crippen MR) is 106 cm³/mol. The van der Waals surface area contributed by atoms with Gasteiger partial charge in [0.2, 0.25) is 5.91 Å². The van der Waals surface area contributed by atoms with E-state index < -0.39 is 0 Å². The zero-order valence-corrected chi connectivity index (χ0v) is 16.1. The number of rotatable bonds is 3. The van der Waals surface area contributed by atoms with Crippen LogP contribution in [-0.4, -0.2) is 21.9 Å². The van der Waals surface area contributed by atoms with Crippen molar-refractivity contribution in [3.8, 4) is 0 Å². The monoisotopic (exact) mass is 411 g/mol. The number of fused-ring (bicyclic) bond motifs is 2. The van der Waals surface area contributed by atoms with Gasteiger partial charge in [0, 0.05) is 22.6 Å². The molecule has 1 aliphatic heterocycles. The van der Waals surface area contributed by atoms with Crippen molar-refractivity contribution in [3.63, 3.8) is 0 Å². The maximum Gasteiger partial charge on any atom is 0.258 e. The van der Waals surface area contributed by atoms with Gasteiger partial charge in [0.05, 0.1) is 16.8 Å². The highest BCUT2D eigenvalue weighted by Gasteiger charge is 2.39. The van der Waals surface area contributed by atoms with E-state index in [1.807, 2.05) is 55.1 Å². The first-order valence-electron chi connectivity index (χ1n) is 8.56. The van der Waals surface area contributed by atoms with E-state index in [0.717, 1.165) is 15.7 Å². The average molecular weight is 412 g/mol. The first-order valence-corrected chi connectivity index (χ1v) is 9.35. The van der Waals surface area contributed by atoms with Crippen molar-refractivity contribution >= 4 is 38.4 Å². The van der Waals surface area contributed by atoms with Gasteiger partial charge in [-0.2, -0.15) is 0 Å². The summed E-state index contributed by atoms with van der Waals surface area (Å²) in [6.07, 6.45) is 0.367. The molecule has 1 aliphatic rings. The summed E-state index contributed by atoms with van der Waals surface area (Å²) < 4.78 is 0.930. The molecule has 132 valence electrons. The van der Waals surface area contributed by atoms with E-state index in [2.05, 4.69) is 25.9 Å². The first kappa shape index (κ1) is 17.0. The maximum absolute atomic E-state index is 13.1. The van der Waals surface area contributed by atoms with E-state index in [1.54, 1.807) is 6.07 Å². The molecule has 0 saturated carbocycles. The Morgan fingerprint density at radius 2 is 1.96 bits per heavy atom. The van der Waals surface area contributed by atoms with Gasteiger partial charge >= 0.3 is 0 Å². The molecule has 0 radical (unpaired) electrons. The smallest absolute Gasteiger partial charge is 0.258 e. The SMILES string of the molecule is CC(C)N1C(=O)C(Cc2nc3ccccc3c(=O)[nH]2)c2cc(Br)ccc21. The largest absolute Gasteiger partial charge is 0.310 e. The average Bonchev–Trinajstić information content (AvgIpc) is 2.87. The molecule has 1 N–H and O–H groups in total. The fourth-order valence-corrected chi connectivity index (χ4v) is 3.98. The quantitative estimate of drug-likeness (QED) is 0.713. The van der Waals surface area contributed by atoms with Crippen molar-refractivity contribution in [3.05, 3.63) is 68.7 Å². The molecule has 0 bridgehead atoms. The van der Waals surface area contributed by atoms with Gasteiger partial charge in [0.1, 0.15) is 5.82 Å². The van der Waals surface area contributed by atoms with Crippen LogP contribution in [0.25, 0.3) is 10.9 Å². The van der Waals surface area contributed by atoms with Crippen LogP contribution in [0.1, 0.15) is 31.2 Å². The highest BCUT2D eigenvalue weighted by molar-refractivity contribution is 9.10. The normalized spacial score (nSPS) is 16.5. The van der Waals surface area contributed by atoms with Crippen LogP contribution in [0.15, 0.2) is 51.7 Å². The Bertz CT molecular complexity index is 1070. The van der Waals surface area contributed by atoms with Crippen LogP contribution in [0.3, 0.4) is 0 Å². The molecular formula is C20H18BrN3O2. The van der Waals surface area contributed by atoms with E-state index in [0.29, 0.717) is 23.1 Å². The number of benzene rings is 2. The Hall–Kier alpha value is -2.47. The molecule has 6 heteroatoms. The molecule has 1 amide bonds. The molecule has 1 atom stereocenters. The number of aromatic amines is 1. The summed E-state index contributed by atoms with van der Waals surface area (Å²) in [6, 6.07) is 13.2. The second-order valence-electron chi connectivity index (χ2n) is 6.79. The number of nitrogens with one attached hydrogen (secondary N) is 1.